The first kappa shape index (κ1) is 9.25. The predicted octanol–water partition coefficient (Wildman–Crippen LogP) is -0.00250. The molecule has 1 heterocycles. The topological polar surface area (TPSA) is 42.0 Å². The number of carbonyl (C=O) groups excluding carboxylic acids is 1. The lowest BCUT2D eigenvalue weighted by Gasteiger charge is -2.02. The molecule has 1 aromatic heterocycles. The van der Waals surface area contributed by atoms with E-state index >= 15 is 0 Å². The van der Waals surface area contributed by atoms with Crippen LogP contribution in [0.25, 0.3) is 0 Å². The molecule has 0 atom stereocenters. The van der Waals surface area contributed by atoms with E-state index < -0.39 is 0 Å². The Bertz CT molecular complexity index is 316. The van der Waals surface area contributed by atoms with Crippen molar-refractivity contribution in [3.8, 4) is 0 Å². The Kier molecular flexibility index (Phi) is 2.86. The fourth-order valence-electron chi connectivity index (χ4n) is 0.747. The number of nitrogens with one attached hydrogen (secondary N) is 1. The van der Waals surface area contributed by atoms with Crippen LogP contribution >= 0.6 is 15.9 Å². The van der Waals surface area contributed by atoms with Crippen molar-refractivity contribution in [1.82, 2.24) is 10.3 Å². The van der Waals surface area contributed by atoms with Crippen molar-refractivity contribution in [2.45, 2.75) is 0 Å². The molecular formula is C7H6BBrN2O. The SMILES string of the molecule is [B]c1cc(Br)c(C(=O)NC)cn1. The molecule has 5 heteroatoms. The molecule has 1 amide bonds. The molecular weight excluding hydrogens is 219 g/mol. The number of nitrogens with zero attached hydrogens (tertiary/aromatic N) is 1. The van der Waals surface area contributed by atoms with Crippen molar-refractivity contribution in [2.24, 2.45) is 0 Å². The van der Waals surface area contributed by atoms with Gasteiger partial charge in [0.05, 0.1) is 5.56 Å². The molecule has 60 valence electrons. The van der Waals surface area contributed by atoms with Crippen molar-refractivity contribution >= 4 is 35.3 Å². The van der Waals surface area contributed by atoms with Crippen LogP contribution in [0.1, 0.15) is 10.4 Å². The van der Waals surface area contributed by atoms with Crippen LogP contribution in [0.3, 0.4) is 0 Å². The van der Waals surface area contributed by atoms with Gasteiger partial charge < -0.3 is 5.32 Å². The monoisotopic (exact) mass is 224 g/mol. The average molecular weight is 225 g/mol. The maximum atomic E-state index is 11.1. The van der Waals surface area contributed by atoms with E-state index in [0.29, 0.717) is 15.6 Å². The molecule has 0 aliphatic heterocycles. The smallest absolute Gasteiger partial charge is 0.253 e. The second-order valence-corrected chi connectivity index (χ2v) is 3.02. The highest BCUT2D eigenvalue weighted by Crippen LogP contribution is 2.12. The van der Waals surface area contributed by atoms with Gasteiger partial charge >= 0.3 is 0 Å². The van der Waals surface area contributed by atoms with Crippen molar-refractivity contribution < 1.29 is 4.79 Å². The van der Waals surface area contributed by atoms with Crippen LogP contribution in [0.15, 0.2) is 16.7 Å². The van der Waals surface area contributed by atoms with E-state index in [-0.39, 0.29) is 5.91 Å². The summed E-state index contributed by atoms with van der Waals surface area (Å²) in [6.07, 6.45) is 1.43. The molecule has 0 aliphatic carbocycles. The van der Waals surface area contributed by atoms with Crippen LogP contribution in [0, 0.1) is 0 Å². The lowest BCUT2D eigenvalue weighted by molar-refractivity contribution is 0.0962. The highest BCUT2D eigenvalue weighted by atomic mass is 79.9. The summed E-state index contributed by atoms with van der Waals surface area (Å²) < 4.78 is 0.648. The van der Waals surface area contributed by atoms with Gasteiger partial charge in [-0.3, -0.25) is 9.78 Å². The predicted molar refractivity (Wildman–Crippen MR) is 50.7 cm³/mol. The molecule has 2 radical (unpaired) electrons. The number of hydrogen-bond acceptors (Lipinski definition) is 2. The maximum absolute atomic E-state index is 11.1. The molecule has 0 spiro atoms. The lowest BCUT2D eigenvalue weighted by atomic mass is 10.0. The Labute approximate surface area is 80.1 Å². The Morgan fingerprint density at radius 3 is 2.92 bits per heavy atom. The van der Waals surface area contributed by atoms with Gasteiger partial charge in [-0.2, -0.15) is 0 Å². The molecule has 0 aliphatic rings. The van der Waals surface area contributed by atoms with E-state index in [1.807, 2.05) is 0 Å². The molecule has 1 aromatic rings. The molecule has 0 saturated carbocycles. The standard InChI is InChI=1S/C7H6BBrN2O/c1-10-7(12)4-3-11-6(8)2-5(4)9/h2-3H,1H3,(H,10,12). The van der Waals surface area contributed by atoms with Gasteiger partial charge in [0.25, 0.3) is 5.91 Å². The number of rotatable bonds is 1. The quantitative estimate of drug-likeness (QED) is 0.683. The van der Waals surface area contributed by atoms with Gasteiger partial charge in [0, 0.05) is 17.7 Å². The average Bonchev–Trinajstić information content (AvgIpc) is 2.03. The minimum absolute atomic E-state index is 0.186. The summed E-state index contributed by atoms with van der Waals surface area (Å²) in [5.41, 5.74) is 0.862. The third-order valence-electron chi connectivity index (χ3n) is 1.35. The van der Waals surface area contributed by atoms with E-state index in [4.69, 9.17) is 7.85 Å². The Morgan fingerprint density at radius 2 is 2.42 bits per heavy atom. The van der Waals surface area contributed by atoms with Crippen molar-refractivity contribution in [2.75, 3.05) is 7.05 Å². The molecule has 1 N–H and O–H groups in total. The van der Waals surface area contributed by atoms with Crippen molar-refractivity contribution in [1.29, 1.82) is 0 Å². The van der Waals surface area contributed by atoms with Gasteiger partial charge in [-0.15, -0.1) is 0 Å². The van der Waals surface area contributed by atoms with E-state index in [9.17, 15) is 4.79 Å². The van der Waals surface area contributed by atoms with Crippen molar-refractivity contribution in [3.05, 3.63) is 22.3 Å². The molecule has 0 aromatic carbocycles. The number of carbonyl (C=O) groups is 1. The molecule has 0 fully saturated rings. The fourth-order valence-corrected chi connectivity index (χ4v) is 1.26. The minimum atomic E-state index is -0.186. The maximum Gasteiger partial charge on any atom is 0.253 e. The van der Waals surface area contributed by atoms with E-state index in [1.165, 1.54) is 6.20 Å². The Hall–Kier alpha value is -0.835. The first-order chi connectivity index (χ1) is 5.65. The number of aromatic nitrogens is 1. The summed E-state index contributed by atoms with van der Waals surface area (Å²) in [5, 5.41) is 2.49. The van der Waals surface area contributed by atoms with Gasteiger partial charge in [0.2, 0.25) is 0 Å². The summed E-state index contributed by atoms with van der Waals surface area (Å²) in [5.74, 6) is -0.186. The largest absolute Gasteiger partial charge is 0.355 e. The number of halogens is 1. The summed E-state index contributed by atoms with van der Waals surface area (Å²) in [4.78, 5) is 14.9. The van der Waals surface area contributed by atoms with Gasteiger partial charge in [0.1, 0.15) is 7.85 Å². The second-order valence-electron chi connectivity index (χ2n) is 2.17. The van der Waals surface area contributed by atoms with Crippen LogP contribution in [-0.2, 0) is 0 Å². The Morgan fingerprint density at radius 1 is 1.75 bits per heavy atom. The third-order valence-corrected chi connectivity index (χ3v) is 2.00. The molecule has 1 rings (SSSR count). The zero-order valence-corrected chi connectivity index (χ0v) is 8.05. The van der Waals surface area contributed by atoms with Crippen LogP contribution in [0.5, 0.6) is 0 Å². The minimum Gasteiger partial charge on any atom is -0.355 e. The molecule has 0 saturated heterocycles. The first-order valence-corrected chi connectivity index (χ1v) is 4.07. The zero-order chi connectivity index (χ0) is 9.14. The lowest BCUT2D eigenvalue weighted by Crippen LogP contribution is -2.20. The van der Waals surface area contributed by atoms with E-state index in [1.54, 1.807) is 13.1 Å². The summed E-state index contributed by atoms with van der Waals surface area (Å²) in [6, 6.07) is 1.59. The molecule has 3 nitrogen and oxygen atoms in total. The van der Waals surface area contributed by atoms with E-state index in [2.05, 4.69) is 26.2 Å². The number of hydrogen-bond donors (Lipinski definition) is 1. The molecule has 12 heavy (non-hydrogen) atoms. The first-order valence-electron chi connectivity index (χ1n) is 3.28. The Balaban J connectivity index is 3.09. The van der Waals surface area contributed by atoms with Gasteiger partial charge in [-0.05, 0) is 27.6 Å². The van der Waals surface area contributed by atoms with Gasteiger partial charge in [-0.25, -0.2) is 0 Å². The highest BCUT2D eigenvalue weighted by Gasteiger charge is 2.07. The number of amides is 1. The van der Waals surface area contributed by atoms with Gasteiger partial charge in [0.15, 0.2) is 0 Å². The van der Waals surface area contributed by atoms with E-state index in [0.717, 1.165) is 0 Å². The molecule has 0 bridgehead atoms. The van der Waals surface area contributed by atoms with Crippen LogP contribution in [0.2, 0.25) is 0 Å². The third kappa shape index (κ3) is 1.85. The van der Waals surface area contributed by atoms with Crippen LogP contribution in [-0.4, -0.2) is 25.8 Å². The normalized spacial score (nSPS) is 9.50. The summed E-state index contributed by atoms with van der Waals surface area (Å²) in [6.45, 7) is 0. The van der Waals surface area contributed by atoms with Crippen LogP contribution < -0.4 is 10.9 Å². The fraction of sp³-hybridized carbons (Fsp3) is 0.143. The molecule has 0 unspecified atom stereocenters. The van der Waals surface area contributed by atoms with Crippen molar-refractivity contribution in [3.63, 3.8) is 0 Å². The highest BCUT2D eigenvalue weighted by molar-refractivity contribution is 9.10. The second kappa shape index (κ2) is 3.71. The van der Waals surface area contributed by atoms with Crippen LogP contribution in [0.4, 0.5) is 0 Å². The summed E-state index contributed by atoms with van der Waals surface area (Å²) >= 11 is 3.21. The number of pyridine rings is 1. The van der Waals surface area contributed by atoms with Gasteiger partial charge in [-0.1, -0.05) is 0 Å². The summed E-state index contributed by atoms with van der Waals surface area (Å²) in [7, 11) is 6.96. The zero-order valence-electron chi connectivity index (χ0n) is 6.47.